The predicted molar refractivity (Wildman–Crippen MR) is 60.7 cm³/mol. The Morgan fingerprint density at radius 3 is 2.80 bits per heavy atom. The Morgan fingerprint density at radius 1 is 1.33 bits per heavy atom. The standard InChI is InChI=1S/C10H8BrN3O/c11-8-4-2-1-3-7(8)10(15)13-9-5-6-12-14-9/h1-6H,(H2,12,13,14,15). The first kappa shape index (κ1) is 9.92. The Bertz CT molecular complexity index is 467. The van der Waals surface area contributed by atoms with Crippen molar-refractivity contribution in [1.82, 2.24) is 10.2 Å². The average molecular weight is 266 g/mol. The molecule has 0 aliphatic carbocycles. The van der Waals surface area contributed by atoms with E-state index < -0.39 is 0 Å². The lowest BCUT2D eigenvalue weighted by atomic mass is 10.2. The van der Waals surface area contributed by atoms with Crippen LogP contribution in [0.25, 0.3) is 0 Å². The zero-order valence-corrected chi connectivity index (χ0v) is 9.28. The predicted octanol–water partition coefficient (Wildman–Crippen LogP) is 2.42. The van der Waals surface area contributed by atoms with Crippen molar-refractivity contribution in [1.29, 1.82) is 0 Å². The van der Waals surface area contributed by atoms with Crippen molar-refractivity contribution in [2.45, 2.75) is 0 Å². The Hall–Kier alpha value is -1.62. The fraction of sp³-hybridized carbons (Fsp3) is 0. The molecular formula is C10H8BrN3O. The highest BCUT2D eigenvalue weighted by molar-refractivity contribution is 9.10. The molecule has 0 unspecified atom stereocenters. The van der Waals surface area contributed by atoms with Crippen molar-refractivity contribution in [3.63, 3.8) is 0 Å². The Kier molecular flexibility index (Phi) is 2.82. The molecule has 5 heteroatoms. The summed E-state index contributed by atoms with van der Waals surface area (Å²) < 4.78 is 0.766. The van der Waals surface area contributed by atoms with Gasteiger partial charge in [0.05, 0.1) is 11.8 Å². The number of rotatable bonds is 2. The summed E-state index contributed by atoms with van der Waals surface area (Å²) in [4.78, 5) is 11.7. The third-order valence-corrected chi connectivity index (χ3v) is 2.56. The summed E-state index contributed by atoms with van der Waals surface area (Å²) in [6, 6.07) is 8.93. The van der Waals surface area contributed by atoms with Gasteiger partial charge in [0.15, 0.2) is 0 Å². The molecule has 0 saturated heterocycles. The fourth-order valence-electron chi connectivity index (χ4n) is 1.16. The quantitative estimate of drug-likeness (QED) is 0.877. The second-order valence-corrected chi connectivity index (χ2v) is 3.76. The minimum Gasteiger partial charge on any atom is -0.307 e. The Morgan fingerprint density at radius 2 is 2.13 bits per heavy atom. The van der Waals surface area contributed by atoms with E-state index in [4.69, 9.17) is 0 Å². The monoisotopic (exact) mass is 265 g/mol. The molecule has 15 heavy (non-hydrogen) atoms. The summed E-state index contributed by atoms with van der Waals surface area (Å²) in [7, 11) is 0. The normalized spacial score (nSPS) is 9.93. The van der Waals surface area contributed by atoms with Gasteiger partial charge >= 0.3 is 0 Å². The van der Waals surface area contributed by atoms with Crippen LogP contribution < -0.4 is 5.32 Å². The van der Waals surface area contributed by atoms with Gasteiger partial charge in [0.1, 0.15) is 5.82 Å². The van der Waals surface area contributed by atoms with E-state index in [0.717, 1.165) is 4.47 Å². The smallest absolute Gasteiger partial charge is 0.257 e. The lowest BCUT2D eigenvalue weighted by Crippen LogP contribution is -2.12. The van der Waals surface area contributed by atoms with E-state index in [1.807, 2.05) is 18.2 Å². The molecule has 4 nitrogen and oxygen atoms in total. The highest BCUT2D eigenvalue weighted by atomic mass is 79.9. The molecule has 2 rings (SSSR count). The van der Waals surface area contributed by atoms with Gasteiger partial charge in [0, 0.05) is 10.5 Å². The topological polar surface area (TPSA) is 57.8 Å². The Labute approximate surface area is 94.8 Å². The lowest BCUT2D eigenvalue weighted by molar-refractivity contribution is 0.102. The summed E-state index contributed by atoms with van der Waals surface area (Å²) in [5.74, 6) is 0.405. The number of carbonyl (C=O) groups excluding carboxylic acids is 1. The number of aromatic amines is 1. The van der Waals surface area contributed by atoms with E-state index in [-0.39, 0.29) is 5.91 Å². The summed E-state index contributed by atoms with van der Waals surface area (Å²) in [5.41, 5.74) is 0.590. The van der Waals surface area contributed by atoms with Crippen LogP contribution in [-0.2, 0) is 0 Å². The fourth-order valence-corrected chi connectivity index (χ4v) is 1.63. The summed E-state index contributed by atoms with van der Waals surface area (Å²) >= 11 is 3.31. The van der Waals surface area contributed by atoms with E-state index in [2.05, 4.69) is 31.4 Å². The molecule has 0 atom stereocenters. The number of anilines is 1. The number of hydrogen-bond donors (Lipinski definition) is 2. The minimum atomic E-state index is -0.174. The molecule has 0 aliphatic heterocycles. The van der Waals surface area contributed by atoms with E-state index in [1.54, 1.807) is 18.3 Å². The van der Waals surface area contributed by atoms with Crippen LogP contribution in [0, 0.1) is 0 Å². The van der Waals surface area contributed by atoms with E-state index >= 15 is 0 Å². The largest absolute Gasteiger partial charge is 0.307 e. The van der Waals surface area contributed by atoms with Gasteiger partial charge in [-0.3, -0.25) is 9.89 Å². The van der Waals surface area contributed by atoms with Crippen LogP contribution in [0.2, 0.25) is 0 Å². The summed E-state index contributed by atoms with van der Waals surface area (Å²) in [6.07, 6.45) is 1.58. The number of H-pyrrole nitrogens is 1. The number of nitrogens with one attached hydrogen (secondary N) is 2. The molecule has 2 aromatic rings. The van der Waals surface area contributed by atoms with Gasteiger partial charge in [-0.1, -0.05) is 12.1 Å². The summed E-state index contributed by atoms with van der Waals surface area (Å²) in [5, 5.41) is 9.09. The van der Waals surface area contributed by atoms with Gasteiger partial charge < -0.3 is 5.32 Å². The first-order chi connectivity index (χ1) is 7.27. The average Bonchev–Trinajstić information content (AvgIpc) is 2.71. The molecular weight excluding hydrogens is 258 g/mol. The van der Waals surface area contributed by atoms with Crippen molar-refractivity contribution in [2.75, 3.05) is 5.32 Å². The van der Waals surface area contributed by atoms with E-state index in [9.17, 15) is 4.79 Å². The number of aromatic nitrogens is 2. The number of nitrogens with zero attached hydrogens (tertiary/aromatic N) is 1. The highest BCUT2D eigenvalue weighted by Crippen LogP contribution is 2.16. The van der Waals surface area contributed by atoms with Crippen LogP contribution in [0.15, 0.2) is 41.0 Å². The maximum atomic E-state index is 11.7. The zero-order chi connectivity index (χ0) is 10.7. The molecule has 1 aromatic heterocycles. The third-order valence-electron chi connectivity index (χ3n) is 1.87. The molecule has 1 aromatic carbocycles. The van der Waals surface area contributed by atoms with E-state index in [1.165, 1.54) is 0 Å². The van der Waals surface area contributed by atoms with Gasteiger partial charge in [0.2, 0.25) is 0 Å². The number of carbonyl (C=O) groups is 1. The van der Waals surface area contributed by atoms with Crippen LogP contribution in [0.4, 0.5) is 5.82 Å². The molecule has 1 heterocycles. The molecule has 1 amide bonds. The van der Waals surface area contributed by atoms with Gasteiger partial charge in [-0.15, -0.1) is 0 Å². The van der Waals surface area contributed by atoms with Crippen LogP contribution in [0.5, 0.6) is 0 Å². The second kappa shape index (κ2) is 4.27. The van der Waals surface area contributed by atoms with Crippen LogP contribution in [-0.4, -0.2) is 16.1 Å². The molecule has 0 radical (unpaired) electrons. The molecule has 76 valence electrons. The number of halogens is 1. The maximum absolute atomic E-state index is 11.7. The van der Waals surface area contributed by atoms with Gasteiger partial charge in [-0.2, -0.15) is 5.10 Å². The van der Waals surface area contributed by atoms with Gasteiger partial charge in [-0.05, 0) is 28.1 Å². The SMILES string of the molecule is O=C(Nc1ccn[nH]1)c1ccccc1Br. The molecule has 0 saturated carbocycles. The van der Waals surface area contributed by atoms with Crippen LogP contribution in [0.1, 0.15) is 10.4 Å². The Balaban J connectivity index is 2.19. The molecule has 0 spiro atoms. The first-order valence-electron chi connectivity index (χ1n) is 4.32. The van der Waals surface area contributed by atoms with E-state index in [0.29, 0.717) is 11.4 Å². The van der Waals surface area contributed by atoms with Crippen LogP contribution >= 0.6 is 15.9 Å². The lowest BCUT2D eigenvalue weighted by Gasteiger charge is -2.03. The minimum absolute atomic E-state index is 0.174. The maximum Gasteiger partial charge on any atom is 0.257 e. The molecule has 0 fully saturated rings. The second-order valence-electron chi connectivity index (χ2n) is 2.90. The van der Waals surface area contributed by atoms with Crippen molar-refractivity contribution < 1.29 is 4.79 Å². The summed E-state index contributed by atoms with van der Waals surface area (Å²) in [6.45, 7) is 0. The van der Waals surface area contributed by atoms with Crippen molar-refractivity contribution in [3.8, 4) is 0 Å². The third kappa shape index (κ3) is 2.24. The van der Waals surface area contributed by atoms with Crippen molar-refractivity contribution >= 4 is 27.7 Å². The number of amides is 1. The molecule has 0 bridgehead atoms. The number of benzene rings is 1. The van der Waals surface area contributed by atoms with Gasteiger partial charge in [0.25, 0.3) is 5.91 Å². The highest BCUT2D eigenvalue weighted by Gasteiger charge is 2.09. The van der Waals surface area contributed by atoms with Crippen molar-refractivity contribution in [2.24, 2.45) is 0 Å². The zero-order valence-electron chi connectivity index (χ0n) is 7.70. The first-order valence-corrected chi connectivity index (χ1v) is 5.12. The number of hydrogen-bond acceptors (Lipinski definition) is 2. The van der Waals surface area contributed by atoms with Crippen molar-refractivity contribution in [3.05, 3.63) is 46.6 Å². The van der Waals surface area contributed by atoms with Crippen LogP contribution in [0.3, 0.4) is 0 Å². The van der Waals surface area contributed by atoms with Gasteiger partial charge in [-0.25, -0.2) is 0 Å². The molecule has 0 aliphatic rings. The molecule has 2 N–H and O–H groups in total.